The van der Waals surface area contributed by atoms with Gasteiger partial charge in [-0.25, -0.2) is 4.98 Å². The molecule has 1 saturated heterocycles. The van der Waals surface area contributed by atoms with Crippen molar-refractivity contribution in [2.24, 2.45) is 5.92 Å². The van der Waals surface area contributed by atoms with Crippen LogP contribution in [-0.2, 0) is 11.3 Å². The smallest absolute Gasteiger partial charge is 0.278 e. The zero-order valence-electron chi connectivity index (χ0n) is 17.7. The Labute approximate surface area is 188 Å². The van der Waals surface area contributed by atoms with Gasteiger partial charge in [0.25, 0.3) is 11.4 Å². The molecule has 0 spiro atoms. The Morgan fingerprint density at radius 1 is 1.19 bits per heavy atom. The molecule has 6 rings (SSSR count). The van der Waals surface area contributed by atoms with Gasteiger partial charge in [0, 0.05) is 37.1 Å². The minimum atomic E-state index is -0.153. The molecule has 1 aromatic carbocycles. The Bertz CT molecular complexity index is 1370. The minimum absolute atomic E-state index is 0.153. The molecule has 9 nitrogen and oxygen atoms in total. The summed E-state index contributed by atoms with van der Waals surface area (Å²) in [5, 5.41) is 4.72. The van der Waals surface area contributed by atoms with Gasteiger partial charge in [-0.05, 0) is 30.5 Å². The topological polar surface area (TPSA) is 90.7 Å². The Morgan fingerprint density at radius 3 is 2.78 bits per heavy atom. The Hall–Kier alpha value is -2.75. The highest BCUT2D eigenvalue weighted by molar-refractivity contribution is 6.31. The number of benzene rings is 1. The number of halogens is 1. The second kappa shape index (κ2) is 7.68. The van der Waals surface area contributed by atoms with Gasteiger partial charge in [0.1, 0.15) is 11.8 Å². The molecule has 10 heteroatoms. The van der Waals surface area contributed by atoms with E-state index >= 15 is 0 Å². The highest BCUT2D eigenvalue weighted by Gasteiger charge is 2.38. The summed E-state index contributed by atoms with van der Waals surface area (Å²) in [4.78, 5) is 25.1. The van der Waals surface area contributed by atoms with E-state index in [1.807, 2.05) is 18.2 Å². The summed E-state index contributed by atoms with van der Waals surface area (Å²) in [6, 6.07) is 5.56. The summed E-state index contributed by atoms with van der Waals surface area (Å²) in [6.07, 6.45) is 2.70. The van der Waals surface area contributed by atoms with Crippen LogP contribution in [0, 0.1) is 5.92 Å². The number of imidazole rings is 1. The molecule has 166 valence electrons. The van der Waals surface area contributed by atoms with Gasteiger partial charge in [-0.2, -0.15) is 4.98 Å². The predicted octanol–water partition coefficient (Wildman–Crippen LogP) is 2.81. The van der Waals surface area contributed by atoms with E-state index in [0.717, 1.165) is 37.1 Å². The maximum Gasteiger partial charge on any atom is 0.278 e. The predicted molar refractivity (Wildman–Crippen MR) is 119 cm³/mol. The van der Waals surface area contributed by atoms with Gasteiger partial charge in [0.15, 0.2) is 11.5 Å². The summed E-state index contributed by atoms with van der Waals surface area (Å²) in [5.41, 5.74) is 2.31. The molecule has 0 radical (unpaired) electrons. The number of fused-ring (bicyclic) bond motifs is 3. The van der Waals surface area contributed by atoms with E-state index in [-0.39, 0.29) is 11.4 Å². The molecular weight excluding hydrogens is 432 g/mol. The first-order valence-corrected chi connectivity index (χ1v) is 11.3. The second-order valence-electron chi connectivity index (χ2n) is 8.63. The van der Waals surface area contributed by atoms with Gasteiger partial charge < -0.3 is 13.8 Å². The fraction of sp³-hybridized carbons (Fsp3) is 0.455. The van der Waals surface area contributed by atoms with Crippen molar-refractivity contribution in [3.8, 4) is 11.6 Å². The normalized spacial score (nSPS) is 21.6. The molecule has 4 heterocycles. The monoisotopic (exact) mass is 454 g/mol. The highest BCUT2D eigenvalue weighted by atomic mass is 35.5. The molecule has 4 aromatic rings. The lowest BCUT2D eigenvalue weighted by molar-refractivity contribution is 0.0364. The fourth-order valence-corrected chi connectivity index (χ4v) is 4.66. The zero-order chi connectivity index (χ0) is 21.8. The molecule has 1 saturated carbocycles. The number of rotatable bonds is 5. The van der Waals surface area contributed by atoms with Crippen LogP contribution in [0.1, 0.15) is 25.1 Å². The van der Waals surface area contributed by atoms with Crippen molar-refractivity contribution < 1.29 is 9.26 Å². The zero-order valence-corrected chi connectivity index (χ0v) is 18.5. The number of aromatic nitrogens is 5. The van der Waals surface area contributed by atoms with Crippen molar-refractivity contribution in [1.82, 2.24) is 29.0 Å². The Morgan fingerprint density at radius 2 is 2.00 bits per heavy atom. The number of hydrogen-bond donors (Lipinski definition) is 0. The Kier molecular flexibility index (Phi) is 4.78. The second-order valence-corrected chi connectivity index (χ2v) is 9.07. The van der Waals surface area contributed by atoms with E-state index in [1.165, 1.54) is 0 Å². The van der Waals surface area contributed by atoms with Crippen molar-refractivity contribution in [3.63, 3.8) is 0 Å². The van der Waals surface area contributed by atoms with Crippen LogP contribution >= 0.6 is 11.6 Å². The third-order valence-electron chi connectivity index (χ3n) is 6.53. The molecule has 2 aliphatic rings. The van der Waals surface area contributed by atoms with Crippen LogP contribution < -0.4 is 5.56 Å². The summed E-state index contributed by atoms with van der Waals surface area (Å²) < 4.78 is 14.5. The molecule has 0 amide bonds. The number of nitrogens with zero attached hydrogens (tertiary/aromatic N) is 6. The first kappa shape index (κ1) is 19.9. The molecule has 2 fully saturated rings. The van der Waals surface area contributed by atoms with Gasteiger partial charge in [0.05, 0.1) is 24.2 Å². The van der Waals surface area contributed by atoms with E-state index in [4.69, 9.17) is 20.9 Å². The van der Waals surface area contributed by atoms with Crippen molar-refractivity contribution in [2.75, 3.05) is 32.8 Å². The van der Waals surface area contributed by atoms with Crippen LogP contribution in [0.3, 0.4) is 0 Å². The summed E-state index contributed by atoms with van der Waals surface area (Å²) in [5.74, 6) is 1.86. The first-order chi connectivity index (χ1) is 15.6. The first-order valence-electron chi connectivity index (χ1n) is 10.9. The van der Waals surface area contributed by atoms with E-state index < -0.39 is 0 Å². The summed E-state index contributed by atoms with van der Waals surface area (Å²) >= 11 is 6.29. The maximum atomic E-state index is 13.7. The lowest BCUT2D eigenvalue weighted by Gasteiger charge is -2.27. The average molecular weight is 455 g/mol. The molecule has 0 bridgehead atoms. The fourth-order valence-electron chi connectivity index (χ4n) is 4.50. The summed E-state index contributed by atoms with van der Waals surface area (Å²) in [6.45, 7) is 6.59. The third-order valence-corrected chi connectivity index (χ3v) is 6.77. The van der Waals surface area contributed by atoms with Crippen LogP contribution in [-0.4, -0.2) is 61.8 Å². The van der Waals surface area contributed by atoms with E-state index in [2.05, 4.69) is 26.9 Å². The van der Waals surface area contributed by atoms with Gasteiger partial charge in [-0.1, -0.05) is 23.7 Å². The lowest BCUT2D eigenvalue weighted by atomic mass is 10.2. The van der Waals surface area contributed by atoms with E-state index in [0.29, 0.717) is 53.7 Å². The number of hydrogen-bond acceptors (Lipinski definition) is 7. The number of morpholine rings is 1. The average Bonchev–Trinajstić information content (AvgIpc) is 3.18. The molecule has 1 aliphatic carbocycles. The lowest BCUT2D eigenvalue weighted by Crippen LogP contribution is -2.39. The van der Waals surface area contributed by atoms with Gasteiger partial charge in [0.2, 0.25) is 0 Å². The minimum Gasteiger partial charge on any atom is -0.379 e. The van der Waals surface area contributed by atoms with Crippen LogP contribution in [0.2, 0.25) is 5.02 Å². The van der Waals surface area contributed by atoms with Gasteiger partial charge in [-0.3, -0.25) is 14.1 Å². The van der Waals surface area contributed by atoms with Gasteiger partial charge in [-0.15, -0.1) is 0 Å². The molecule has 3 aromatic heterocycles. The molecule has 0 N–H and O–H groups in total. The van der Waals surface area contributed by atoms with Crippen molar-refractivity contribution in [2.45, 2.75) is 25.8 Å². The molecular formula is C22H23ClN6O3. The van der Waals surface area contributed by atoms with Crippen molar-refractivity contribution in [3.05, 3.63) is 45.7 Å². The molecule has 1 aliphatic heterocycles. The van der Waals surface area contributed by atoms with Crippen LogP contribution in [0.4, 0.5) is 0 Å². The standard InChI is InChI=1S/C22H23ClN6O3/c1-13-10-15(13)20-25-21(32-26-20)18-19-22(30)28(5-4-27-6-8-31-9-7-27)17-11-14(23)2-3-16(17)29(19)12-24-18/h2-3,11-13,15H,4-10H2,1H3. The largest absolute Gasteiger partial charge is 0.379 e. The SMILES string of the molecule is CC1CC1c1noc(-c2ncn3c2c(=O)n(CCN2CCOCC2)c2cc(Cl)ccc23)n1. The van der Waals surface area contributed by atoms with Crippen molar-refractivity contribution >= 4 is 28.2 Å². The summed E-state index contributed by atoms with van der Waals surface area (Å²) in [7, 11) is 0. The molecule has 2 unspecified atom stereocenters. The molecule has 32 heavy (non-hydrogen) atoms. The van der Waals surface area contributed by atoms with Crippen LogP contribution in [0.25, 0.3) is 28.1 Å². The van der Waals surface area contributed by atoms with Crippen LogP contribution in [0.15, 0.2) is 33.8 Å². The highest BCUT2D eigenvalue weighted by Crippen LogP contribution is 2.45. The maximum absolute atomic E-state index is 13.7. The van der Waals surface area contributed by atoms with E-state index in [1.54, 1.807) is 15.3 Å². The van der Waals surface area contributed by atoms with Crippen LogP contribution in [0.5, 0.6) is 0 Å². The van der Waals surface area contributed by atoms with E-state index in [9.17, 15) is 4.79 Å². The van der Waals surface area contributed by atoms with Gasteiger partial charge >= 0.3 is 0 Å². The van der Waals surface area contributed by atoms with Crippen molar-refractivity contribution in [1.29, 1.82) is 0 Å². The third kappa shape index (κ3) is 3.32. The number of ether oxygens (including phenoxy) is 1. The molecule has 2 atom stereocenters. The Balaban J connectivity index is 1.48. The quantitative estimate of drug-likeness (QED) is 0.458.